The van der Waals surface area contributed by atoms with E-state index < -0.39 is 0 Å². The third kappa shape index (κ3) is 3.33. The Bertz CT molecular complexity index is 646. The molecule has 0 radical (unpaired) electrons. The molecule has 6 nitrogen and oxygen atoms in total. The van der Waals surface area contributed by atoms with Crippen LogP contribution in [0.2, 0.25) is 0 Å². The molecule has 0 bridgehead atoms. The molecule has 1 unspecified atom stereocenters. The van der Waals surface area contributed by atoms with Gasteiger partial charge in [0.2, 0.25) is 0 Å². The maximum absolute atomic E-state index is 12.1. The molecular weight excluding hydrogens is 278 g/mol. The van der Waals surface area contributed by atoms with E-state index in [2.05, 4.69) is 25.5 Å². The van der Waals surface area contributed by atoms with E-state index in [0.29, 0.717) is 0 Å². The number of nitrogens with one attached hydrogen (secondary N) is 2. The van der Waals surface area contributed by atoms with E-state index in [9.17, 15) is 4.79 Å². The lowest BCUT2D eigenvalue weighted by molar-refractivity contribution is 0.249. The van der Waals surface area contributed by atoms with Crippen molar-refractivity contribution in [3.8, 4) is 0 Å². The average Bonchev–Trinajstić information content (AvgIpc) is 2.99. The Balaban J connectivity index is 1.54. The number of nitrogens with zero attached hydrogens (tertiary/aromatic N) is 3. The number of rotatable bonds is 3. The lowest BCUT2D eigenvalue weighted by atomic mass is 10.2. The normalized spacial score (nSPS) is 17.3. The molecule has 2 N–H and O–H groups in total. The lowest BCUT2D eigenvalue weighted by Crippen LogP contribution is -2.39. The van der Waals surface area contributed by atoms with Crippen LogP contribution in [0.15, 0.2) is 42.9 Å². The molecule has 22 heavy (non-hydrogen) atoms. The smallest absolute Gasteiger partial charge is 0.319 e. The van der Waals surface area contributed by atoms with Gasteiger partial charge in [-0.2, -0.15) is 0 Å². The van der Waals surface area contributed by atoms with Gasteiger partial charge >= 0.3 is 6.03 Å². The molecule has 0 aliphatic carbocycles. The number of pyridine rings is 2. The predicted octanol–water partition coefficient (Wildman–Crippen LogP) is 2.19. The zero-order chi connectivity index (χ0) is 15.4. The molecule has 1 saturated heterocycles. The van der Waals surface area contributed by atoms with E-state index in [0.717, 1.165) is 36.6 Å². The van der Waals surface area contributed by atoms with Crippen molar-refractivity contribution in [2.45, 2.75) is 19.4 Å². The minimum Gasteiger partial charge on any atom is -0.354 e. The first kappa shape index (κ1) is 14.3. The first-order valence-electron chi connectivity index (χ1n) is 7.36. The molecule has 0 saturated carbocycles. The Morgan fingerprint density at radius 1 is 1.32 bits per heavy atom. The van der Waals surface area contributed by atoms with Gasteiger partial charge < -0.3 is 15.5 Å². The molecule has 2 aromatic heterocycles. The van der Waals surface area contributed by atoms with E-state index >= 15 is 0 Å². The van der Waals surface area contributed by atoms with Crippen LogP contribution in [0.4, 0.5) is 16.3 Å². The summed E-state index contributed by atoms with van der Waals surface area (Å²) in [6.45, 7) is 3.61. The van der Waals surface area contributed by atoms with Gasteiger partial charge in [-0.05, 0) is 37.1 Å². The van der Waals surface area contributed by atoms with Crippen LogP contribution in [-0.2, 0) is 0 Å². The summed E-state index contributed by atoms with van der Waals surface area (Å²) in [5, 5.41) is 5.85. The monoisotopic (exact) mass is 297 g/mol. The minimum atomic E-state index is -0.191. The standard InChI is InChI=1S/C16H19N5O/c1-12-5-8-17-10-14(12)20-16(22)19-13-6-9-21(11-13)15-4-2-3-7-18-15/h2-5,7-8,10,13H,6,9,11H2,1H3,(H2,19,20,22). The summed E-state index contributed by atoms with van der Waals surface area (Å²) < 4.78 is 0. The van der Waals surface area contributed by atoms with Crippen LogP contribution in [0.1, 0.15) is 12.0 Å². The van der Waals surface area contributed by atoms with Gasteiger partial charge in [0, 0.05) is 31.5 Å². The molecule has 0 aromatic carbocycles. The molecule has 114 valence electrons. The Kier molecular flexibility index (Phi) is 4.18. The van der Waals surface area contributed by atoms with Crippen LogP contribution >= 0.6 is 0 Å². The third-order valence-electron chi connectivity index (χ3n) is 3.78. The maximum atomic E-state index is 12.1. The van der Waals surface area contributed by atoms with E-state index in [4.69, 9.17) is 0 Å². The number of aryl methyl sites for hydroxylation is 1. The molecule has 2 aromatic rings. The third-order valence-corrected chi connectivity index (χ3v) is 3.78. The van der Waals surface area contributed by atoms with Crippen molar-refractivity contribution in [1.82, 2.24) is 15.3 Å². The number of carbonyl (C=O) groups excluding carboxylic acids is 1. The number of hydrogen-bond donors (Lipinski definition) is 2. The van der Waals surface area contributed by atoms with Crippen LogP contribution in [0.5, 0.6) is 0 Å². The fraction of sp³-hybridized carbons (Fsp3) is 0.312. The largest absolute Gasteiger partial charge is 0.354 e. The topological polar surface area (TPSA) is 70.2 Å². The van der Waals surface area contributed by atoms with Gasteiger partial charge in [-0.15, -0.1) is 0 Å². The highest BCUT2D eigenvalue weighted by atomic mass is 16.2. The van der Waals surface area contributed by atoms with Crippen LogP contribution < -0.4 is 15.5 Å². The van der Waals surface area contributed by atoms with Crippen LogP contribution in [-0.4, -0.2) is 35.1 Å². The number of anilines is 2. The highest BCUT2D eigenvalue weighted by Crippen LogP contribution is 2.17. The Labute approximate surface area is 129 Å². The van der Waals surface area contributed by atoms with Crippen molar-refractivity contribution >= 4 is 17.5 Å². The Morgan fingerprint density at radius 3 is 3.00 bits per heavy atom. The summed E-state index contributed by atoms with van der Waals surface area (Å²) in [6.07, 6.45) is 6.06. The average molecular weight is 297 g/mol. The second kappa shape index (κ2) is 6.43. The van der Waals surface area contributed by atoms with Crippen molar-refractivity contribution in [2.24, 2.45) is 0 Å². The molecule has 3 rings (SSSR count). The summed E-state index contributed by atoms with van der Waals surface area (Å²) in [4.78, 5) is 22.6. The highest BCUT2D eigenvalue weighted by Gasteiger charge is 2.24. The number of amides is 2. The Morgan fingerprint density at radius 2 is 2.23 bits per heavy atom. The van der Waals surface area contributed by atoms with E-state index in [1.54, 1.807) is 18.6 Å². The van der Waals surface area contributed by atoms with E-state index in [1.165, 1.54) is 0 Å². The quantitative estimate of drug-likeness (QED) is 0.911. The minimum absolute atomic E-state index is 0.124. The number of aromatic nitrogens is 2. The zero-order valence-electron chi connectivity index (χ0n) is 12.5. The van der Waals surface area contributed by atoms with Crippen molar-refractivity contribution < 1.29 is 4.79 Å². The van der Waals surface area contributed by atoms with Gasteiger partial charge in [-0.1, -0.05) is 6.07 Å². The SMILES string of the molecule is Cc1ccncc1NC(=O)NC1CCN(c2ccccn2)C1. The van der Waals surface area contributed by atoms with E-state index in [-0.39, 0.29) is 12.1 Å². The van der Waals surface area contributed by atoms with Crippen molar-refractivity contribution in [3.63, 3.8) is 0 Å². The summed E-state index contributed by atoms with van der Waals surface area (Å²) in [5.74, 6) is 0.954. The summed E-state index contributed by atoms with van der Waals surface area (Å²) in [6, 6.07) is 7.66. The second-order valence-electron chi connectivity index (χ2n) is 5.41. The maximum Gasteiger partial charge on any atom is 0.319 e. The van der Waals surface area contributed by atoms with E-state index in [1.807, 2.05) is 31.2 Å². The van der Waals surface area contributed by atoms with Gasteiger partial charge in [-0.25, -0.2) is 9.78 Å². The Hall–Kier alpha value is -2.63. The number of hydrogen-bond acceptors (Lipinski definition) is 4. The van der Waals surface area contributed by atoms with Gasteiger partial charge in [0.1, 0.15) is 5.82 Å². The molecule has 1 aliphatic rings. The molecule has 1 atom stereocenters. The number of urea groups is 1. The predicted molar refractivity (Wildman–Crippen MR) is 86.0 cm³/mol. The van der Waals surface area contributed by atoms with Gasteiger partial charge in [0.05, 0.1) is 11.9 Å². The summed E-state index contributed by atoms with van der Waals surface area (Å²) in [5.41, 5.74) is 1.73. The number of carbonyl (C=O) groups is 1. The summed E-state index contributed by atoms with van der Waals surface area (Å²) >= 11 is 0. The zero-order valence-corrected chi connectivity index (χ0v) is 12.5. The fourth-order valence-corrected chi connectivity index (χ4v) is 2.57. The van der Waals surface area contributed by atoms with Gasteiger partial charge in [-0.3, -0.25) is 4.98 Å². The second-order valence-corrected chi connectivity index (χ2v) is 5.41. The fourth-order valence-electron chi connectivity index (χ4n) is 2.57. The summed E-state index contributed by atoms with van der Waals surface area (Å²) in [7, 11) is 0. The molecule has 1 aliphatic heterocycles. The molecule has 0 spiro atoms. The first-order valence-corrected chi connectivity index (χ1v) is 7.36. The molecule has 6 heteroatoms. The molecule has 3 heterocycles. The van der Waals surface area contributed by atoms with Gasteiger partial charge in [0.15, 0.2) is 0 Å². The van der Waals surface area contributed by atoms with Gasteiger partial charge in [0.25, 0.3) is 0 Å². The molecule has 2 amide bonds. The molecule has 1 fully saturated rings. The van der Waals surface area contributed by atoms with Crippen molar-refractivity contribution in [1.29, 1.82) is 0 Å². The first-order chi connectivity index (χ1) is 10.7. The lowest BCUT2D eigenvalue weighted by Gasteiger charge is -2.18. The van der Waals surface area contributed by atoms with Crippen molar-refractivity contribution in [2.75, 3.05) is 23.3 Å². The van der Waals surface area contributed by atoms with Crippen LogP contribution in [0, 0.1) is 6.92 Å². The highest BCUT2D eigenvalue weighted by molar-refractivity contribution is 5.90. The van der Waals surface area contributed by atoms with Crippen LogP contribution in [0.25, 0.3) is 0 Å². The van der Waals surface area contributed by atoms with Crippen LogP contribution in [0.3, 0.4) is 0 Å². The molecular formula is C16H19N5O. The van der Waals surface area contributed by atoms with Crippen molar-refractivity contribution in [3.05, 3.63) is 48.4 Å².